The molecule has 0 bridgehead atoms. The number of carbonyl (C=O) groups is 1. The quantitative estimate of drug-likeness (QED) is 0.712. The molecule has 0 radical (unpaired) electrons. The van der Waals surface area contributed by atoms with Gasteiger partial charge in [-0.1, -0.05) is 12.1 Å². The number of morpholine rings is 1. The predicted molar refractivity (Wildman–Crippen MR) is 111 cm³/mol. The lowest BCUT2D eigenvalue weighted by molar-refractivity contribution is -0.113. The number of anilines is 2. The molecule has 0 atom stereocenters. The standard InChI is InChI=1S/C20H21FN4O2S/c1-28-13-18(26)22-20-19-16(24-8-10-27-11-9-24)6-3-7-17(19)25(23-20)15-5-2-4-14(21)12-15/h2-7,12H,8-11,13H2,1H3,(H,22,23,26). The smallest absolute Gasteiger partial charge is 0.235 e. The molecule has 2 aromatic carbocycles. The van der Waals surface area contributed by atoms with Gasteiger partial charge in [-0.2, -0.15) is 11.8 Å². The molecular weight excluding hydrogens is 379 g/mol. The van der Waals surface area contributed by atoms with Gasteiger partial charge in [-0.15, -0.1) is 5.10 Å². The van der Waals surface area contributed by atoms with E-state index in [9.17, 15) is 9.18 Å². The minimum absolute atomic E-state index is 0.116. The second-order valence-corrected chi connectivity index (χ2v) is 7.36. The van der Waals surface area contributed by atoms with Crippen LogP contribution in [-0.4, -0.2) is 54.0 Å². The molecule has 1 aliphatic heterocycles. The van der Waals surface area contributed by atoms with Crippen LogP contribution < -0.4 is 10.2 Å². The van der Waals surface area contributed by atoms with E-state index in [1.807, 2.05) is 24.5 Å². The highest BCUT2D eigenvalue weighted by Gasteiger charge is 2.21. The average molecular weight is 400 g/mol. The van der Waals surface area contributed by atoms with E-state index >= 15 is 0 Å². The zero-order valence-electron chi connectivity index (χ0n) is 15.5. The first-order valence-electron chi connectivity index (χ1n) is 9.06. The van der Waals surface area contributed by atoms with Gasteiger partial charge in [0.2, 0.25) is 5.91 Å². The van der Waals surface area contributed by atoms with Crippen LogP contribution in [0.4, 0.5) is 15.9 Å². The molecule has 1 N–H and O–H groups in total. The van der Waals surface area contributed by atoms with Crippen LogP contribution in [0.1, 0.15) is 0 Å². The normalized spacial score (nSPS) is 14.4. The van der Waals surface area contributed by atoms with Gasteiger partial charge in [0.15, 0.2) is 5.82 Å². The number of aromatic nitrogens is 2. The second-order valence-electron chi connectivity index (χ2n) is 6.49. The molecule has 1 saturated heterocycles. The van der Waals surface area contributed by atoms with E-state index < -0.39 is 0 Å². The Balaban J connectivity index is 1.87. The van der Waals surface area contributed by atoms with Gasteiger partial charge >= 0.3 is 0 Å². The molecule has 28 heavy (non-hydrogen) atoms. The van der Waals surface area contributed by atoms with Gasteiger partial charge in [-0.05, 0) is 36.6 Å². The summed E-state index contributed by atoms with van der Waals surface area (Å²) in [6.45, 7) is 2.84. The van der Waals surface area contributed by atoms with E-state index in [1.165, 1.54) is 23.9 Å². The lowest BCUT2D eigenvalue weighted by Crippen LogP contribution is -2.36. The number of ether oxygens (including phenoxy) is 1. The minimum atomic E-state index is -0.335. The molecule has 4 rings (SSSR count). The summed E-state index contributed by atoms with van der Waals surface area (Å²) in [4.78, 5) is 14.5. The highest BCUT2D eigenvalue weighted by molar-refractivity contribution is 7.99. The summed E-state index contributed by atoms with van der Waals surface area (Å²) < 4.78 is 21.0. The Morgan fingerprint density at radius 1 is 1.25 bits per heavy atom. The lowest BCUT2D eigenvalue weighted by Gasteiger charge is -2.29. The molecule has 146 valence electrons. The molecule has 1 amide bonds. The maximum Gasteiger partial charge on any atom is 0.235 e. The van der Waals surface area contributed by atoms with Gasteiger partial charge < -0.3 is 15.0 Å². The first kappa shape index (κ1) is 18.8. The first-order valence-corrected chi connectivity index (χ1v) is 10.5. The Kier molecular flexibility index (Phi) is 5.50. The Hall–Kier alpha value is -2.58. The SMILES string of the molecule is CSCC(=O)Nc1nn(-c2cccc(F)c2)c2cccc(N3CCOCC3)c12. The number of fused-ring (bicyclic) bond motifs is 1. The third-order valence-electron chi connectivity index (χ3n) is 4.62. The Morgan fingerprint density at radius 3 is 2.79 bits per heavy atom. The molecule has 0 aliphatic carbocycles. The monoisotopic (exact) mass is 400 g/mol. The number of hydrogen-bond donors (Lipinski definition) is 1. The van der Waals surface area contributed by atoms with Gasteiger partial charge in [0.25, 0.3) is 0 Å². The van der Waals surface area contributed by atoms with Gasteiger partial charge in [0, 0.05) is 13.1 Å². The summed E-state index contributed by atoms with van der Waals surface area (Å²) in [6.07, 6.45) is 1.88. The third-order valence-corrected chi connectivity index (χ3v) is 5.17. The van der Waals surface area contributed by atoms with Crippen molar-refractivity contribution in [3.05, 3.63) is 48.3 Å². The molecular formula is C20H21FN4O2S. The van der Waals surface area contributed by atoms with Crippen LogP contribution in [0.2, 0.25) is 0 Å². The largest absolute Gasteiger partial charge is 0.378 e. The molecule has 1 fully saturated rings. The lowest BCUT2D eigenvalue weighted by atomic mass is 10.1. The zero-order valence-corrected chi connectivity index (χ0v) is 16.3. The molecule has 0 unspecified atom stereocenters. The Labute approximate surface area is 166 Å². The fourth-order valence-corrected chi connectivity index (χ4v) is 3.74. The van der Waals surface area contributed by atoms with Crippen molar-refractivity contribution in [1.29, 1.82) is 0 Å². The predicted octanol–water partition coefficient (Wildman–Crippen LogP) is 3.30. The topological polar surface area (TPSA) is 59.4 Å². The van der Waals surface area contributed by atoms with Crippen molar-refractivity contribution in [2.45, 2.75) is 0 Å². The van der Waals surface area contributed by atoms with Crippen molar-refractivity contribution in [2.24, 2.45) is 0 Å². The van der Waals surface area contributed by atoms with Crippen molar-refractivity contribution in [2.75, 3.05) is 48.5 Å². The number of halogens is 1. The fourth-order valence-electron chi connectivity index (χ4n) is 3.41. The molecule has 1 aliphatic rings. The van der Waals surface area contributed by atoms with Crippen LogP contribution in [0.5, 0.6) is 0 Å². The second kappa shape index (κ2) is 8.20. The van der Waals surface area contributed by atoms with E-state index in [2.05, 4.69) is 15.3 Å². The minimum Gasteiger partial charge on any atom is -0.378 e. The molecule has 1 aromatic heterocycles. The number of nitrogens with zero attached hydrogens (tertiary/aromatic N) is 3. The fraction of sp³-hybridized carbons (Fsp3) is 0.300. The summed E-state index contributed by atoms with van der Waals surface area (Å²) in [5.41, 5.74) is 2.41. The van der Waals surface area contributed by atoms with Crippen molar-refractivity contribution >= 4 is 40.1 Å². The number of rotatable bonds is 5. The number of thioether (sulfide) groups is 1. The average Bonchev–Trinajstić information content (AvgIpc) is 3.07. The Morgan fingerprint density at radius 2 is 2.04 bits per heavy atom. The molecule has 0 spiro atoms. The maximum absolute atomic E-state index is 13.8. The van der Waals surface area contributed by atoms with Gasteiger partial charge in [0.05, 0.1) is 41.2 Å². The zero-order chi connectivity index (χ0) is 19.5. The maximum atomic E-state index is 13.8. The number of hydrogen-bond acceptors (Lipinski definition) is 5. The summed E-state index contributed by atoms with van der Waals surface area (Å²) in [5, 5.41) is 8.41. The van der Waals surface area contributed by atoms with E-state index in [-0.39, 0.29) is 11.7 Å². The van der Waals surface area contributed by atoms with Crippen LogP contribution in [0.25, 0.3) is 16.6 Å². The van der Waals surface area contributed by atoms with Crippen molar-refractivity contribution < 1.29 is 13.9 Å². The summed E-state index contributed by atoms with van der Waals surface area (Å²) in [6, 6.07) is 12.2. The molecule has 3 aromatic rings. The highest BCUT2D eigenvalue weighted by Crippen LogP contribution is 2.35. The van der Waals surface area contributed by atoms with Crippen LogP contribution in [0, 0.1) is 5.82 Å². The number of nitrogens with one attached hydrogen (secondary N) is 1. The Bertz CT molecular complexity index is 1000. The van der Waals surface area contributed by atoms with Gasteiger partial charge in [-0.3, -0.25) is 4.79 Å². The van der Waals surface area contributed by atoms with Crippen molar-refractivity contribution in [1.82, 2.24) is 9.78 Å². The van der Waals surface area contributed by atoms with Crippen LogP contribution in [0.3, 0.4) is 0 Å². The van der Waals surface area contributed by atoms with E-state index in [0.717, 1.165) is 29.7 Å². The van der Waals surface area contributed by atoms with E-state index in [1.54, 1.807) is 16.8 Å². The van der Waals surface area contributed by atoms with E-state index in [4.69, 9.17) is 4.74 Å². The van der Waals surface area contributed by atoms with Crippen LogP contribution >= 0.6 is 11.8 Å². The van der Waals surface area contributed by atoms with Crippen LogP contribution in [-0.2, 0) is 9.53 Å². The summed E-state index contributed by atoms with van der Waals surface area (Å²) in [5.74, 6) is 0.377. The van der Waals surface area contributed by atoms with Crippen molar-refractivity contribution in [3.8, 4) is 5.69 Å². The van der Waals surface area contributed by atoms with Crippen LogP contribution in [0.15, 0.2) is 42.5 Å². The highest BCUT2D eigenvalue weighted by atomic mass is 32.2. The first-order chi connectivity index (χ1) is 13.7. The number of amides is 1. The number of benzene rings is 2. The van der Waals surface area contributed by atoms with E-state index in [0.29, 0.717) is 30.5 Å². The molecule has 0 saturated carbocycles. The third kappa shape index (κ3) is 3.70. The molecule has 6 nitrogen and oxygen atoms in total. The van der Waals surface area contributed by atoms with Crippen molar-refractivity contribution in [3.63, 3.8) is 0 Å². The van der Waals surface area contributed by atoms with Gasteiger partial charge in [-0.25, -0.2) is 9.07 Å². The molecule has 8 heteroatoms. The van der Waals surface area contributed by atoms with Gasteiger partial charge in [0.1, 0.15) is 5.82 Å². The number of carbonyl (C=O) groups excluding carboxylic acids is 1. The molecule has 2 heterocycles. The summed E-state index contributed by atoms with van der Waals surface area (Å²) >= 11 is 1.45. The summed E-state index contributed by atoms with van der Waals surface area (Å²) in [7, 11) is 0.